The number of aliphatic hydroxyl groups excluding tert-OH is 1. The first kappa shape index (κ1) is 17.3. The van der Waals surface area contributed by atoms with Gasteiger partial charge in [-0.15, -0.1) is 0 Å². The molecule has 0 bridgehead atoms. The minimum atomic E-state index is -0.0481. The van der Waals surface area contributed by atoms with Crippen molar-refractivity contribution in [1.82, 2.24) is 0 Å². The summed E-state index contributed by atoms with van der Waals surface area (Å²) in [5.74, 6) is 3.32. The SMILES string of the molecule is CC(C)CCCC(C)C1CCC2(C)CCCC(C)C2C1O. The second-order valence-corrected chi connectivity index (χ2v) is 9.04. The van der Waals surface area contributed by atoms with Crippen LogP contribution in [-0.4, -0.2) is 11.2 Å². The van der Waals surface area contributed by atoms with Crippen molar-refractivity contribution in [2.45, 2.75) is 92.1 Å². The summed E-state index contributed by atoms with van der Waals surface area (Å²) in [5, 5.41) is 11.1. The van der Waals surface area contributed by atoms with E-state index in [0.717, 1.165) is 5.92 Å². The quantitative estimate of drug-likeness (QED) is 0.693. The predicted octanol–water partition coefficient (Wildman–Crippen LogP) is 5.66. The molecule has 6 unspecified atom stereocenters. The number of fused-ring (bicyclic) bond motifs is 1. The second-order valence-electron chi connectivity index (χ2n) is 9.04. The highest BCUT2D eigenvalue weighted by Crippen LogP contribution is 2.55. The summed E-state index contributed by atoms with van der Waals surface area (Å²) in [6, 6.07) is 0. The molecule has 0 spiro atoms. The minimum absolute atomic E-state index is 0.0481. The molecule has 2 fully saturated rings. The van der Waals surface area contributed by atoms with E-state index in [1.54, 1.807) is 0 Å². The molecule has 0 heterocycles. The lowest BCUT2D eigenvalue weighted by Crippen LogP contribution is -2.51. The minimum Gasteiger partial charge on any atom is -0.393 e. The van der Waals surface area contributed by atoms with E-state index >= 15 is 0 Å². The summed E-state index contributed by atoms with van der Waals surface area (Å²) in [5.41, 5.74) is 0.422. The van der Waals surface area contributed by atoms with E-state index in [1.807, 2.05) is 0 Å². The average molecular weight is 295 g/mol. The maximum Gasteiger partial charge on any atom is 0.0606 e. The number of rotatable bonds is 5. The number of hydrogen-bond acceptors (Lipinski definition) is 1. The summed E-state index contributed by atoms with van der Waals surface area (Å²) < 4.78 is 0. The molecule has 0 aliphatic heterocycles. The molecule has 124 valence electrons. The van der Waals surface area contributed by atoms with E-state index in [2.05, 4.69) is 34.6 Å². The van der Waals surface area contributed by atoms with E-state index in [-0.39, 0.29) is 6.10 Å². The lowest BCUT2D eigenvalue weighted by molar-refractivity contribution is -0.114. The first-order valence-electron chi connectivity index (χ1n) is 9.53. The fourth-order valence-corrected chi connectivity index (χ4v) is 5.52. The van der Waals surface area contributed by atoms with Gasteiger partial charge in [0.2, 0.25) is 0 Å². The fraction of sp³-hybridized carbons (Fsp3) is 1.00. The Morgan fingerprint density at radius 2 is 1.81 bits per heavy atom. The fourth-order valence-electron chi connectivity index (χ4n) is 5.52. The largest absolute Gasteiger partial charge is 0.393 e. The van der Waals surface area contributed by atoms with Crippen LogP contribution in [0.1, 0.15) is 86.0 Å². The van der Waals surface area contributed by atoms with Crippen LogP contribution >= 0.6 is 0 Å². The standard InChI is InChI=1S/C20H38O/c1-14(2)8-6-9-15(3)17-11-13-20(5)12-7-10-16(4)18(20)19(17)21/h14-19,21H,6-13H2,1-5H3. The summed E-state index contributed by atoms with van der Waals surface area (Å²) >= 11 is 0. The molecule has 21 heavy (non-hydrogen) atoms. The van der Waals surface area contributed by atoms with E-state index in [1.165, 1.54) is 51.4 Å². The predicted molar refractivity (Wildman–Crippen MR) is 91.2 cm³/mol. The van der Waals surface area contributed by atoms with Gasteiger partial charge >= 0.3 is 0 Å². The summed E-state index contributed by atoms with van der Waals surface area (Å²) in [4.78, 5) is 0. The monoisotopic (exact) mass is 294 g/mol. The van der Waals surface area contributed by atoms with Gasteiger partial charge in [0.1, 0.15) is 0 Å². The van der Waals surface area contributed by atoms with Crippen LogP contribution in [0.2, 0.25) is 0 Å². The molecule has 2 aliphatic rings. The molecule has 0 aromatic heterocycles. The Labute approximate surface area is 132 Å². The zero-order valence-electron chi connectivity index (χ0n) is 15.1. The molecule has 0 aromatic rings. The van der Waals surface area contributed by atoms with Gasteiger partial charge < -0.3 is 5.11 Å². The molecular weight excluding hydrogens is 256 g/mol. The smallest absolute Gasteiger partial charge is 0.0606 e. The van der Waals surface area contributed by atoms with Crippen molar-refractivity contribution < 1.29 is 5.11 Å². The molecule has 2 aliphatic carbocycles. The van der Waals surface area contributed by atoms with Crippen LogP contribution in [0.25, 0.3) is 0 Å². The van der Waals surface area contributed by atoms with Crippen molar-refractivity contribution in [3.05, 3.63) is 0 Å². The van der Waals surface area contributed by atoms with Crippen LogP contribution in [0.5, 0.6) is 0 Å². The van der Waals surface area contributed by atoms with Crippen molar-refractivity contribution in [1.29, 1.82) is 0 Å². The molecule has 0 radical (unpaired) electrons. The molecule has 1 N–H and O–H groups in total. The molecule has 0 saturated heterocycles. The molecule has 2 saturated carbocycles. The van der Waals surface area contributed by atoms with Crippen LogP contribution in [-0.2, 0) is 0 Å². The maximum atomic E-state index is 11.1. The van der Waals surface area contributed by atoms with E-state index in [9.17, 15) is 5.11 Å². The summed E-state index contributed by atoms with van der Waals surface area (Å²) in [7, 11) is 0. The Morgan fingerprint density at radius 1 is 1.10 bits per heavy atom. The van der Waals surface area contributed by atoms with Gasteiger partial charge in [0.15, 0.2) is 0 Å². The van der Waals surface area contributed by atoms with Crippen LogP contribution in [0, 0.1) is 35.0 Å². The zero-order valence-corrected chi connectivity index (χ0v) is 15.1. The third-order valence-electron chi connectivity index (χ3n) is 6.85. The number of hydrogen-bond donors (Lipinski definition) is 1. The van der Waals surface area contributed by atoms with Gasteiger partial charge in [0, 0.05) is 0 Å². The van der Waals surface area contributed by atoms with Gasteiger partial charge in [-0.2, -0.15) is 0 Å². The normalized spacial score (nSPS) is 41.9. The highest BCUT2D eigenvalue weighted by molar-refractivity contribution is 5.00. The molecular formula is C20H38O. The summed E-state index contributed by atoms with van der Waals surface area (Å²) in [6.07, 6.45) is 10.6. The lowest BCUT2D eigenvalue weighted by Gasteiger charge is -2.54. The Hall–Kier alpha value is -0.0400. The van der Waals surface area contributed by atoms with Gasteiger partial charge in [-0.1, -0.05) is 66.7 Å². The van der Waals surface area contributed by atoms with E-state index < -0.39 is 0 Å². The van der Waals surface area contributed by atoms with E-state index in [4.69, 9.17) is 0 Å². The van der Waals surface area contributed by atoms with Gasteiger partial charge in [-0.3, -0.25) is 0 Å². The molecule has 0 amide bonds. The molecule has 1 heteroatoms. The van der Waals surface area contributed by atoms with Crippen molar-refractivity contribution in [3.8, 4) is 0 Å². The molecule has 0 aromatic carbocycles. The average Bonchev–Trinajstić information content (AvgIpc) is 2.37. The number of aliphatic hydroxyl groups is 1. The van der Waals surface area contributed by atoms with Crippen LogP contribution in [0.4, 0.5) is 0 Å². The maximum absolute atomic E-state index is 11.1. The van der Waals surface area contributed by atoms with Gasteiger partial charge in [-0.25, -0.2) is 0 Å². The molecule has 2 rings (SSSR count). The summed E-state index contributed by atoms with van der Waals surface area (Å²) in [6.45, 7) is 11.9. The third-order valence-corrected chi connectivity index (χ3v) is 6.85. The lowest BCUT2D eigenvalue weighted by atomic mass is 9.52. The molecule has 6 atom stereocenters. The topological polar surface area (TPSA) is 20.2 Å². The Bertz CT molecular complexity index is 324. The van der Waals surface area contributed by atoms with Crippen LogP contribution in [0.3, 0.4) is 0 Å². The van der Waals surface area contributed by atoms with Crippen LogP contribution in [0.15, 0.2) is 0 Å². The van der Waals surface area contributed by atoms with Crippen molar-refractivity contribution in [3.63, 3.8) is 0 Å². The first-order chi connectivity index (χ1) is 9.85. The van der Waals surface area contributed by atoms with Crippen LogP contribution < -0.4 is 0 Å². The first-order valence-corrected chi connectivity index (χ1v) is 9.53. The van der Waals surface area contributed by atoms with Gasteiger partial charge in [-0.05, 0) is 54.3 Å². The van der Waals surface area contributed by atoms with Gasteiger partial charge in [0.25, 0.3) is 0 Å². The van der Waals surface area contributed by atoms with Crippen molar-refractivity contribution in [2.24, 2.45) is 35.0 Å². The van der Waals surface area contributed by atoms with E-state index in [0.29, 0.717) is 29.1 Å². The highest BCUT2D eigenvalue weighted by atomic mass is 16.3. The third kappa shape index (κ3) is 3.84. The van der Waals surface area contributed by atoms with Crippen molar-refractivity contribution >= 4 is 0 Å². The Balaban J connectivity index is 1.96. The second kappa shape index (κ2) is 7.02. The van der Waals surface area contributed by atoms with Gasteiger partial charge in [0.05, 0.1) is 6.10 Å². The highest BCUT2D eigenvalue weighted by Gasteiger charge is 2.50. The molecule has 1 nitrogen and oxygen atoms in total. The zero-order chi connectivity index (χ0) is 15.6. The Morgan fingerprint density at radius 3 is 2.48 bits per heavy atom. The van der Waals surface area contributed by atoms with Crippen molar-refractivity contribution in [2.75, 3.05) is 0 Å². The Kier molecular flexibility index (Phi) is 5.79.